The Morgan fingerprint density at radius 3 is 2.85 bits per heavy atom. The highest BCUT2D eigenvalue weighted by Gasteiger charge is 2.20. The van der Waals surface area contributed by atoms with E-state index in [0.29, 0.717) is 6.00 Å². The van der Waals surface area contributed by atoms with Crippen molar-refractivity contribution in [3.8, 4) is 0 Å². The molecule has 0 heterocycles. The maximum atomic E-state index is 5.39. The smallest absolute Gasteiger partial charge is 0.113 e. The number of rotatable bonds is 6. The predicted octanol–water partition coefficient (Wildman–Crippen LogP) is 3.03. The molecule has 1 aliphatic carbocycles. The topological polar surface area (TPSA) is 24.7 Å². The van der Waals surface area contributed by atoms with E-state index in [4.69, 9.17) is 11.6 Å². The monoisotopic (exact) mass is 198 g/mol. The minimum absolute atomic E-state index is 0.309. The van der Waals surface area contributed by atoms with Gasteiger partial charge in [-0.25, -0.2) is 0 Å². The number of aliphatic imine (C=N–C) groups is 2. The van der Waals surface area contributed by atoms with Gasteiger partial charge >= 0.3 is 0 Å². The first kappa shape index (κ1) is 10.5. The Morgan fingerprint density at radius 2 is 2.31 bits per heavy atom. The Balaban J connectivity index is 2.26. The van der Waals surface area contributed by atoms with Crippen LogP contribution in [0, 0.1) is 5.92 Å². The normalized spacial score (nSPS) is 18.1. The third kappa shape index (κ3) is 4.83. The van der Waals surface area contributed by atoms with E-state index in [1.165, 1.54) is 19.3 Å². The molecule has 1 fully saturated rings. The van der Waals surface area contributed by atoms with E-state index in [9.17, 15) is 0 Å². The number of hydrogen-bond donors (Lipinski definition) is 0. The van der Waals surface area contributed by atoms with Crippen LogP contribution in [-0.2, 0) is 0 Å². The number of alkyl halides is 1. The summed E-state index contributed by atoms with van der Waals surface area (Å²) in [6, 6.07) is 0.309. The molecule has 3 heteroatoms. The fourth-order valence-corrected chi connectivity index (χ4v) is 1.23. The molecule has 0 aromatic rings. The molecule has 0 aliphatic heterocycles. The molecular weight excluding hydrogens is 184 g/mol. The number of allylic oxidation sites excluding steroid dienone is 2. The summed E-state index contributed by atoms with van der Waals surface area (Å²) in [6.07, 6.45) is 8.62. The summed E-state index contributed by atoms with van der Waals surface area (Å²) < 4.78 is 0. The Kier molecular flexibility index (Phi) is 4.76. The molecule has 0 atom stereocenters. The van der Waals surface area contributed by atoms with Crippen molar-refractivity contribution >= 4 is 24.5 Å². The highest BCUT2D eigenvalue weighted by atomic mass is 35.5. The minimum Gasteiger partial charge on any atom is -0.277 e. The maximum Gasteiger partial charge on any atom is 0.113 e. The zero-order chi connectivity index (χ0) is 9.52. The lowest BCUT2D eigenvalue weighted by Crippen LogP contribution is -1.83. The molecule has 0 unspecified atom stereocenters. The number of halogens is 1. The van der Waals surface area contributed by atoms with E-state index in [1.54, 1.807) is 6.21 Å². The number of hydrogen-bond acceptors (Lipinski definition) is 2. The van der Waals surface area contributed by atoms with Crippen LogP contribution in [0.4, 0.5) is 0 Å². The van der Waals surface area contributed by atoms with Gasteiger partial charge in [-0.15, -0.1) is 11.6 Å². The second kappa shape index (κ2) is 5.92. The average Bonchev–Trinajstić information content (AvgIpc) is 2.94. The highest BCUT2D eigenvalue weighted by molar-refractivity contribution is 6.18. The van der Waals surface area contributed by atoms with Crippen molar-refractivity contribution in [3.63, 3.8) is 0 Å². The van der Waals surface area contributed by atoms with Crippen LogP contribution in [0.3, 0.4) is 0 Å². The van der Waals surface area contributed by atoms with E-state index in [-0.39, 0.29) is 0 Å². The SMILES string of the molecule is C=N/C(=C\C=N/CCl)CCC1CC1. The Labute approximate surface area is 84.4 Å². The third-order valence-corrected chi connectivity index (χ3v) is 2.29. The van der Waals surface area contributed by atoms with E-state index in [1.807, 2.05) is 6.08 Å². The van der Waals surface area contributed by atoms with Crippen molar-refractivity contribution in [1.82, 2.24) is 0 Å². The molecule has 0 N–H and O–H groups in total. The molecule has 0 radical (unpaired) electrons. The summed E-state index contributed by atoms with van der Waals surface area (Å²) in [4.78, 5) is 7.81. The second-order valence-corrected chi connectivity index (χ2v) is 3.49. The quantitative estimate of drug-likeness (QED) is 0.356. The molecule has 0 saturated heterocycles. The summed E-state index contributed by atoms with van der Waals surface area (Å²) in [5.41, 5.74) is 1.01. The zero-order valence-corrected chi connectivity index (χ0v) is 8.50. The van der Waals surface area contributed by atoms with E-state index >= 15 is 0 Å². The molecule has 2 nitrogen and oxygen atoms in total. The molecule has 1 saturated carbocycles. The van der Waals surface area contributed by atoms with Crippen molar-refractivity contribution in [2.75, 3.05) is 6.00 Å². The lowest BCUT2D eigenvalue weighted by molar-refractivity contribution is 0.719. The molecule has 0 spiro atoms. The molecule has 1 aliphatic rings. The van der Waals surface area contributed by atoms with Crippen LogP contribution in [0.25, 0.3) is 0 Å². The molecule has 1 rings (SSSR count). The maximum absolute atomic E-state index is 5.39. The number of nitrogens with zero attached hydrogens (tertiary/aromatic N) is 2. The Morgan fingerprint density at radius 1 is 1.54 bits per heavy atom. The van der Waals surface area contributed by atoms with Crippen LogP contribution >= 0.6 is 11.6 Å². The van der Waals surface area contributed by atoms with Crippen molar-refractivity contribution in [2.24, 2.45) is 15.9 Å². The lowest BCUT2D eigenvalue weighted by Gasteiger charge is -1.97. The van der Waals surface area contributed by atoms with Crippen LogP contribution < -0.4 is 0 Å². The largest absolute Gasteiger partial charge is 0.277 e. The summed E-state index contributed by atoms with van der Waals surface area (Å²) >= 11 is 5.39. The molecule has 72 valence electrons. The molecule has 0 amide bonds. The lowest BCUT2D eigenvalue weighted by atomic mass is 10.2. The first-order valence-corrected chi connectivity index (χ1v) is 5.12. The van der Waals surface area contributed by atoms with Gasteiger partial charge < -0.3 is 0 Å². The highest BCUT2D eigenvalue weighted by Crippen LogP contribution is 2.34. The van der Waals surface area contributed by atoms with E-state index in [0.717, 1.165) is 18.0 Å². The van der Waals surface area contributed by atoms with Crippen LogP contribution in [-0.4, -0.2) is 18.9 Å². The minimum atomic E-state index is 0.309. The predicted molar refractivity (Wildman–Crippen MR) is 58.8 cm³/mol. The summed E-state index contributed by atoms with van der Waals surface area (Å²) in [6.45, 7) is 3.53. The molecule has 13 heavy (non-hydrogen) atoms. The fraction of sp³-hybridized carbons (Fsp3) is 0.600. The summed E-state index contributed by atoms with van der Waals surface area (Å²) in [5.74, 6) is 0.940. The van der Waals surface area contributed by atoms with Gasteiger partial charge in [0.1, 0.15) is 6.00 Å². The van der Waals surface area contributed by atoms with Crippen LogP contribution in [0.1, 0.15) is 25.7 Å². The van der Waals surface area contributed by atoms with Crippen LogP contribution in [0.15, 0.2) is 21.8 Å². The van der Waals surface area contributed by atoms with Gasteiger partial charge in [0.15, 0.2) is 0 Å². The van der Waals surface area contributed by atoms with Gasteiger partial charge in [0.25, 0.3) is 0 Å². The fourth-order valence-electron chi connectivity index (χ4n) is 1.15. The average molecular weight is 199 g/mol. The summed E-state index contributed by atoms with van der Waals surface area (Å²) in [5, 5.41) is 0. The molecular formula is C10H15ClN2. The van der Waals surface area contributed by atoms with Crippen molar-refractivity contribution in [3.05, 3.63) is 11.8 Å². The van der Waals surface area contributed by atoms with Gasteiger partial charge in [0.05, 0.1) is 0 Å². The second-order valence-electron chi connectivity index (χ2n) is 3.25. The van der Waals surface area contributed by atoms with Crippen molar-refractivity contribution < 1.29 is 0 Å². The van der Waals surface area contributed by atoms with E-state index < -0.39 is 0 Å². The van der Waals surface area contributed by atoms with Gasteiger partial charge in [-0.2, -0.15) is 0 Å². The zero-order valence-electron chi connectivity index (χ0n) is 7.75. The summed E-state index contributed by atoms with van der Waals surface area (Å²) in [7, 11) is 0. The van der Waals surface area contributed by atoms with Crippen molar-refractivity contribution in [2.45, 2.75) is 25.7 Å². The standard InChI is InChI=1S/C10H15ClN2/c1-12-10(6-7-13-8-11)5-4-9-2-3-9/h6-7,9H,1-5,8H2/b10-6-,13-7-. The van der Waals surface area contributed by atoms with Crippen molar-refractivity contribution in [1.29, 1.82) is 0 Å². The first-order valence-electron chi connectivity index (χ1n) is 4.58. The first-order chi connectivity index (χ1) is 6.36. The Hall–Kier alpha value is -0.630. The van der Waals surface area contributed by atoms with Crippen LogP contribution in [0.5, 0.6) is 0 Å². The van der Waals surface area contributed by atoms with Gasteiger partial charge in [-0.05, 0) is 31.6 Å². The van der Waals surface area contributed by atoms with Gasteiger partial charge in [-0.1, -0.05) is 12.8 Å². The Bertz CT molecular complexity index is 217. The van der Waals surface area contributed by atoms with Crippen LogP contribution in [0.2, 0.25) is 0 Å². The molecule has 0 aromatic carbocycles. The molecule has 0 bridgehead atoms. The van der Waals surface area contributed by atoms with E-state index in [2.05, 4.69) is 16.7 Å². The van der Waals surface area contributed by atoms with Gasteiger partial charge in [0.2, 0.25) is 0 Å². The van der Waals surface area contributed by atoms with Gasteiger partial charge in [-0.3, -0.25) is 9.98 Å². The third-order valence-electron chi connectivity index (χ3n) is 2.15. The molecule has 0 aromatic heterocycles. The van der Waals surface area contributed by atoms with Gasteiger partial charge in [0, 0.05) is 11.9 Å².